The molecular weight excluding hydrogens is 398 g/mol. The zero-order chi connectivity index (χ0) is 20.1. The van der Waals surface area contributed by atoms with Crippen molar-refractivity contribution < 1.29 is 13.2 Å². The number of hydrogen-bond donors (Lipinski definition) is 1. The lowest BCUT2D eigenvalue weighted by Gasteiger charge is -2.29. The lowest BCUT2D eigenvalue weighted by molar-refractivity contribution is 0.0952. The summed E-state index contributed by atoms with van der Waals surface area (Å²) in [6.45, 7) is 6.96. The number of nitrogens with zero attached hydrogens (tertiary/aromatic N) is 2. The minimum absolute atomic E-state index is 0.133. The Kier molecular flexibility index (Phi) is 7.36. The molecule has 0 saturated carbocycles. The van der Waals surface area contributed by atoms with Crippen molar-refractivity contribution in [2.24, 2.45) is 5.92 Å². The third kappa shape index (κ3) is 5.26. The van der Waals surface area contributed by atoms with E-state index in [4.69, 9.17) is 11.6 Å². The molecule has 1 aromatic carbocycles. The largest absolute Gasteiger partial charge is 0.352 e. The predicted octanol–water partition coefficient (Wildman–Crippen LogP) is 2.98. The number of benzene rings is 1. The highest BCUT2D eigenvalue weighted by molar-refractivity contribution is 7.89. The molecule has 2 aliphatic rings. The highest BCUT2D eigenvalue weighted by atomic mass is 35.5. The van der Waals surface area contributed by atoms with Gasteiger partial charge in [-0.3, -0.25) is 4.79 Å². The highest BCUT2D eigenvalue weighted by Crippen LogP contribution is 2.26. The SMILES string of the molecule is CC1CCN(S(=O)(=O)c2ccc(Cl)c(C(=O)NCCCN3CCCC3)c2)CC1. The van der Waals surface area contributed by atoms with E-state index in [1.54, 1.807) is 0 Å². The molecule has 1 N–H and O–H groups in total. The minimum Gasteiger partial charge on any atom is -0.352 e. The van der Waals surface area contributed by atoms with Crippen LogP contribution in [0.3, 0.4) is 0 Å². The number of carbonyl (C=O) groups excluding carboxylic acids is 1. The van der Waals surface area contributed by atoms with Gasteiger partial charge in [0.1, 0.15) is 0 Å². The first-order valence-corrected chi connectivity index (χ1v) is 12.0. The number of nitrogens with one attached hydrogen (secondary N) is 1. The van der Waals surface area contributed by atoms with Crippen LogP contribution in [-0.2, 0) is 10.0 Å². The number of likely N-dealkylation sites (tertiary alicyclic amines) is 1. The van der Waals surface area contributed by atoms with Gasteiger partial charge in [0, 0.05) is 19.6 Å². The van der Waals surface area contributed by atoms with Crippen LogP contribution in [0.1, 0.15) is 49.4 Å². The second-order valence-corrected chi connectivity index (χ2v) is 10.2. The first-order chi connectivity index (χ1) is 13.4. The Morgan fingerprint density at radius 1 is 1.18 bits per heavy atom. The molecule has 0 aliphatic carbocycles. The first-order valence-electron chi connectivity index (χ1n) is 10.2. The number of piperidine rings is 1. The fraction of sp³-hybridized carbons (Fsp3) is 0.650. The smallest absolute Gasteiger partial charge is 0.252 e. The lowest BCUT2D eigenvalue weighted by atomic mass is 10.0. The Morgan fingerprint density at radius 3 is 2.54 bits per heavy atom. The molecule has 1 amide bonds. The third-order valence-electron chi connectivity index (χ3n) is 5.70. The van der Waals surface area contributed by atoms with Crippen molar-refractivity contribution in [3.05, 3.63) is 28.8 Å². The lowest BCUT2D eigenvalue weighted by Crippen LogP contribution is -2.38. The summed E-state index contributed by atoms with van der Waals surface area (Å²) in [5.41, 5.74) is 0.217. The Bertz CT molecular complexity index is 786. The Labute approximate surface area is 173 Å². The number of amides is 1. The molecule has 8 heteroatoms. The molecule has 1 aromatic rings. The van der Waals surface area contributed by atoms with Gasteiger partial charge in [0.25, 0.3) is 5.91 Å². The van der Waals surface area contributed by atoms with E-state index in [0.29, 0.717) is 25.6 Å². The van der Waals surface area contributed by atoms with Crippen molar-refractivity contribution >= 4 is 27.5 Å². The molecule has 0 atom stereocenters. The predicted molar refractivity (Wildman–Crippen MR) is 111 cm³/mol. The molecule has 28 heavy (non-hydrogen) atoms. The van der Waals surface area contributed by atoms with Gasteiger partial charge in [-0.2, -0.15) is 4.31 Å². The van der Waals surface area contributed by atoms with E-state index in [1.165, 1.54) is 35.3 Å². The molecule has 2 fully saturated rings. The van der Waals surface area contributed by atoms with Crippen LogP contribution >= 0.6 is 11.6 Å². The number of carbonyl (C=O) groups is 1. The maximum Gasteiger partial charge on any atom is 0.252 e. The van der Waals surface area contributed by atoms with E-state index in [9.17, 15) is 13.2 Å². The quantitative estimate of drug-likeness (QED) is 0.679. The second-order valence-electron chi connectivity index (χ2n) is 7.89. The monoisotopic (exact) mass is 427 g/mol. The molecule has 2 heterocycles. The summed E-state index contributed by atoms with van der Waals surface area (Å²) in [6, 6.07) is 4.39. The van der Waals surface area contributed by atoms with E-state index in [-0.39, 0.29) is 21.4 Å². The van der Waals surface area contributed by atoms with Crippen LogP contribution < -0.4 is 5.32 Å². The number of hydrogen-bond acceptors (Lipinski definition) is 4. The molecule has 2 saturated heterocycles. The first kappa shape index (κ1) is 21.6. The summed E-state index contributed by atoms with van der Waals surface area (Å²) in [5.74, 6) is 0.217. The van der Waals surface area contributed by atoms with E-state index in [2.05, 4.69) is 17.1 Å². The van der Waals surface area contributed by atoms with E-state index >= 15 is 0 Å². The van der Waals surface area contributed by atoms with Crippen LogP contribution in [0, 0.1) is 5.92 Å². The van der Waals surface area contributed by atoms with Gasteiger partial charge in [-0.15, -0.1) is 0 Å². The third-order valence-corrected chi connectivity index (χ3v) is 7.92. The summed E-state index contributed by atoms with van der Waals surface area (Å²) < 4.78 is 27.4. The van der Waals surface area contributed by atoms with Crippen LogP contribution in [0.2, 0.25) is 5.02 Å². The number of rotatable bonds is 7. The Balaban J connectivity index is 1.62. The van der Waals surface area contributed by atoms with Crippen molar-refractivity contribution in [3.63, 3.8) is 0 Å². The van der Waals surface area contributed by atoms with Crippen LogP contribution in [0.15, 0.2) is 23.1 Å². The van der Waals surface area contributed by atoms with Gasteiger partial charge in [-0.1, -0.05) is 18.5 Å². The average molecular weight is 428 g/mol. The van der Waals surface area contributed by atoms with Gasteiger partial charge in [-0.05, 0) is 75.9 Å². The van der Waals surface area contributed by atoms with Crippen molar-refractivity contribution in [3.8, 4) is 0 Å². The topological polar surface area (TPSA) is 69.7 Å². The van der Waals surface area contributed by atoms with Crippen molar-refractivity contribution in [1.29, 1.82) is 0 Å². The summed E-state index contributed by atoms with van der Waals surface area (Å²) >= 11 is 6.18. The average Bonchev–Trinajstić information content (AvgIpc) is 3.19. The summed E-state index contributed by atoms with van der Waals surface area (Å²) in [7, 11) is -3.61. The molecule has 3 rings (SSSR count). The molecule has 0 aromatic heterocycles. The van der Waals surface area contributed by atoms with Crippen molar-refractivity contribution in [1.82, 2.24) is 14.5 Å². The maximum atomic E-state index is 12.9. The van der Waals surface area contributed by atoms with Crippen LogP contribution in [0.4, 0.5) is 0 Å². The zero-order valence-corrected chi connectivity index (χ0v) is 18.1. The summed E-state index contributed by atoms with van der Waals surface area (Å²) in [5, 5.41) is 3.14. The number of halogens is 1. The normalized spacial score (nSPS) is 19.8. The Morgan fingerprint density at radius 2 is 1.86 bits per heavy atom. The van der Waals surface area contributed by atoms with Gasteiger partial charge in [0.2, 0.25) is 10.0 Å². The van der Waals surface area contributed by atoms with Crippen LogP contribution in [-0.4, -0.2) is 62.8 Å². The zero-order valence-electron chi connectivity index (χ0n) is 16.5. The van der Waals surface area contributed by atoms with E-state index in [1.807, 2.05) is 0 Å². The summed E-state index contributed by atoms with van der Waals surface area (Å²) in [6.07, 6.45) is 5.08. The Hall–Kier alpha value is -1.15. The number of sulfonamides is 1. The van der Waals surface area contributed by atoms with Gasteiger partial charge in [-0.25, -0.2) is 8.42 Å². The fourth-order valence-electron chi connectivity index (χ4n) is 3.82. The van der Waals surface area contributed by atoms with Gasteiger partial charge >= 0.3 is 0 Å². The molecule has 0 radical (unpaired) electrons. The minimum atomic E-state index is -3.61. The van der Waals surface area contributed by atoms with Gasteiger partial charge < -0.3 is 10.2 Å². The molecule has 0 spiro atoms. The van der Waals surface area contributed by atoms with E-state index < -0.39 is 10.0 Å². The fourth-order valence-corrected chi connectivity index (χ4v) is 5.52. The van der Waals surface area contributed by atoms with Crippen LogP contribution in [0.25, 0.3) is 0 Å². The second kappa shape index (κ2) is 9.57. The van der Waals surface area contributed by atoms with Crippen molar-refractivity contribution in [2.45, 2.75) is 43.9 Å². The molecule has 0 bridgehead atoms. The van der Waals surface area contributed by atoms with Gasteiger partial charge in [0.05, 0.1) is 15.5 Å². The molecular formula is C20H30ClN3O3S. The molecule has 0 unspecified atom stereocenters. The molecule has 6 nitrogen and oxygen atoms in total. The van der Waals surface area contributed by atoms with Crippen LogP contribution in [0.5, 0.6) is 0 Å². The summed E-state index contributed by atoms with van der Waals surface area (Å²) in [4.78, 5) is 15.1. The van der Waals surface area contributed by atoms with Crippen molar-refractivity contribution in [2.75, 3.05) is 39.3 Å². The molecule has 2 aliphatic heterocycles. The highest BCUT2D eigenvalue weighted by Gasteiger charge is 2.29. The van der Waals surface area contributed by atoms with Gasteiger partial charge in [0.15, 0.2) is 0 Å². The standard InChI is InChI=1S/C20H30ClN3O3S/c1-16-7-13-24(14-8-16)28(26,27)17-5-6-19(21)18(15-17)20(25)22-9-4-12-23-10-2-3-11-23/h5-6,15-16H,2-4,7-14H2,1H3,(H,22,25). The van der Waals surface area contributed by atoms with E-state index in [0.717, 1.165) is 38.9 Å². The maximum absolute atomic E-state index is 12.9. The molecule has 156 valence electrons.